The molecule has 2 nitrogen and oxygen atoms in total. The van der Waals surface area contributed by atoms with Gasteiger partial charge < -0.3 is 4.90 Å². The van der Waals surface area contributed by atoms with Gasteiger partial charge >= 0.3 is 0 Å². The van der Waals surface area contributed by atoms with Crippen LogP contribution in [0.2, 0.25) is 0 Å². The predicted molar refractivity (Wildman–Crippen MR) is 56.6 cm³/mol. The maximum atomic E-state index is 3.73. The monoisotopic (exact) mass is 234 g/mol. The van der Waals surface area contributed by atoms with Crippen LogP contribution in [0.4, 0.5) is 0 Å². The van der Waals surface area contributed by atoms with E-state index in [4.69, 9.17) is 0 Å². The Hall–Kier alpha value is 0.400. The molecule has 0 spiro atoms. The molecule has 2 atom stereocenters. The van der Waals surface area contributed by atoms with Crippen molar-refractivity contribution in [2.45, 2.75) is 17.8 Å². The first-order valence-electron chi connectivity index (χ1n) is 4.60. The highest BCUT2D eigenvalue weighted by Crippen LogP contribution is 2.24. The number of likely N-dealkylation sites (tertiary alicyclic amines) is 1. The molecule has 2 unspecified atom stereocenters. The Morgan fingerprint density at radius 1 is 1.50 bits per heavy atom. The van der Waals surface area contributed by atoms with Crippen molar-refractivity contribution in [3.63, 3.8) is 0 Å². The van der Waals surface area contributed by atoms with E-state index in [0.717, 1.165) is 5.92 Å². The SMILES string of the molecule is CN1CCCC(C(Br)N(C)C)C1. The van der Waals surface area contributed by atoms with Gasteiger partial charge in [0.1, 0.15) is 0 Å². The van der Waals surface area contributed by atoms with Crippen LogP contribution in [0, 0.1) is 5.92 Å². The molecule has 12 heavy (non-hydrogen) atoms. The van der Waals surface area contributed by atoms with Gasteiger partial charge in [0, 0.05) is 6.54 Å². The largest absolute Gasteiger partial charge is 0.306 e. The Balaban J connectivity index is 2.40. The molecule has 0 aromatic rings. The van der Waals surface area contributed by atoms with Gasteiger partial charge in [-0.3, -0.25) is 4.90 Å². The van der Waals surface area contributed by atoms with Crippen LogP contribution in [0.25, 0.3) is 0 Å². The summed E-state index contributed by atoms with van der Waals surface area (Å²) in [5, 5.41) is 0. The van der Waals surface area contributed by atoms with Gasteiger partial charge in [0.05, 0.1) is 4.95 Å². The number of hydrogen-bond acceptors (Lipinski definition) is 2. The molecule has 1 rings (SSSR count). The van der Waals surface area contributed by atoms with Crippen molar-refractivity contribution in [1.29, 1.82) is 0 Å². The summed E-state index contributed by atoms with van der Waals surface area (Å²) in [5.74, 6) is 0.791. The molecule has 72 valence electrons. The molecular formula is C9H19BrN2. The van der Waals surface area contributed by atoms with Crippen LogP contribution in [0.1, 0.15) is 12.8 Å². The van der Waals surface area contributed by atoms with Gasteiger partial charge in [0.15, 0.2) is 0 Å². The Labute approximate surface area is 84.0 Å². The third-order valence-electron chi connectivity index (χ3n) is 2.54. The summed E-state index contributed by atoms with van der Waals surface area (Å²) in [4.78, 5) is 5.22. The molecule has 0 amide bonds. The van der Waals surface area contributed by atoms with Crippen molar-refractivity contribution in [3.05, 3.63) is 0 Å². The zero-order valence-corrected chi connectivity index (χ0v) is 9.84. The van der Waals surface area contributed by atoms with E-state index in [9.17, 15) is 0 Å². The summed E-state index contributed by atoms with van der Waals surface area (Å²) < 4.78 is 0. The van der Waals surface area contributed by atoms with E-state index in [1.807, 2.05) is 0 Å². The number of halogens is 1. The fourth-order valence-corrected chi connectivity index (χ4v) is 2.28. The Bertz CT molecular complexity index is 138. The Kier molecular flexibility index (Phi) is 4.00. The summed E-state index contributed by atoms with van der Waals surface area (Å²) >= 11 is 3.73. The van der Waals surface area contributed by atoms with Gasteiger partial charge in [0.25, 0.3) is 0 Å². The number of alkyl halides is 1. The third-order valence-corrected chi connectivity index (χ3v) is 4.11. The highest BCUT2D eigenvalue weighted by Gasteiger charge is 2.24. The summed E-state index contributed by atoms with van der Waals surface area (Å²) in [5.41, 5.74) is 0. The minimum absolute atomic E-state index is 0.542. The van der Waals surface area contributed by atoms with Crippen LogP contribution in [0.5, 0.6) is 0 Å². The standard InChI is InChI=1S/C9H19BrN2/c1-11(2)9(10)8-5-4-6-12(3)7-8/h8-9H,4-7H2,1-3H3. The first-order chi connectivity index (χ1) is 5.61. The van der Waals surface area contributed by atoms with Gasteiger partial charge in [0.2, 0.25) is 0 Å². The molecule has 1 fully saturated rings. The highest BCUT2D eigenvalue weighted by molar-refractivity contribution is 9.09. The maximum Gasteiger partial charge on any atom is 0.0691 e. The first kappa shape index (κ1) is 10.5. The molecule has 0 aromatic carbocycles. The fourth-order valence-electron chi connectivity index (χ4n) is 1.85. The molecular weight excluding hydrogens is 216 g/mol. The van der Waals surface area contributed by atoms with Crippen molar-refractivity contribution in [1.82, 2.24) is 9.80 Å². The van der Waals surface area contributed by atoms with E-state index in [1.54, 1.807) is 0 Å². The van der Waals surface area contributed by atoms with Crippen molar-refractivity contribution in [2.24, 2.45) is 5.92 Å². The van der Waals surface area contributed by atoms with E-state index in [0.29, 0.717) is 4.95 Å². The zero-order valence-electron chi connectivity index (χ0n) is 8.26. The van der Waals surface area contributed by atoms with E-state index >= 15 is 0 Å². The van der Waals surface area contributed by atoms with Crippen LogP contribution < -0.4 is 0 Å². The number of piperidine rings is 1. The second-order valence-corrected chi connectivity index (χ2v) is 4.94. The van der Waals surface area contributed by atoms with Crippen LogP contribution in [0.15, 0.2) is 0 Å². The lowest BCUT2D eigenvalue weighted by molar-refractivity contribution is 0.166. The van der Waals surface area contributed by atoms with Gasteiger partial charge in [-0.25, -0.2) is 0 Å². The van der Waals surface area contributed by atoms with Crippen LogP contribution in [-0.2, 0) is 0 Å². The second-order valence-electron chi connectivity index (χ2n) is 4.00. The Morgan fingerprint density at radius 2 is 2.17 bits per heavy atom. The molecule has 0 bridgehead atoms. The first-order valence-corrected chi connectivity index (χ1v) is 5.52. The summed E-state index contributed by atoms with van der Waals surface area (Å²) in [6.45, 7) is 2.50. The lowest BCUT2D eigenvalue weighted by atomic mass is 9.98. The quantitative estimate of drug-likeness (QED) is 0.530. The summed E-state index contributed by atoms with van der Waals surface area (Å²) in [7, 11) is 6.48. The lowest BCUT2D eigenvalue weighted by Crippen LogP contribution is -2.41. The van der Waals surface area contributed by atoms with E-state index in [1.165, 1.54) is 25.9 Å². The Morgan fingerprint density at radius 3 is 2.67 bits per heavy atom. The molecule has 0 N–H and O–H groups in total. The molecule has 1 heterocycles. The third kappa shape index (κ3) is 2.71. The average molecular weight is 235 g/mol. The van der Waals surface area contributed by atoms with Gasteiger partial charge in [-0.2, -0.15) is 0 Å². The molecule has 3 heteroatoms. The summed E-state index contributed by atoms with van der Waals surface area (Å²) in [6, 6.07) is 0. The second kappa shape index (κ2) is 4.58. The minimum atomic E-state index is 0.542. The topological polar surface area (TPSA) is 6.48 Å². The number of nitrogens with zero attached hydrogens (tertiary/aromatic N) is 2. The number of hydrogen-bond donors (Lipinski definition) is 0. The lowest BCUT2D eigenvalue weighted by Gasteiger charge is -2.35. The van der Waals surface area contributed by atoms with E-state index in [-0.39, 0.29) is 0 Å². The molecule has 0 saturated carbocycles. The predicted octanol–water partition coefficient (Wildman–Crippen LogP) is 1.61. The number of rotatable bonds is 2. The highest BCUT2D eigenvalue weighted by atomic mass is 79.9. The molecule has 0 aromatic heterocycles. The normalized spacial score (nSPS) is 29.2. The zero-order chi connectivity index (χ0) is 9.14. The van der Waals surface area contributed by atoms with Crippen LogP contribution in [0.3, 0.4) is 0 Å². The van der Waals surface area contributed by atoms with Crippen LogP contribution >= 0.6 is 15.9 Å². The smallest absolute Gasteiger partial charge is 0.0691 e. The molecule has 1 aliphatic rings. The molecule has 0 radical (unpaired) electrons. The van der Waals surface area contributed by atoms with Crippen molar-refractivity contribution in [3.8, 4) is 0 Å². The minimum Gasteiger partial charge on any atom is -0.306 e. The van der Waals surface area contributed by atoms with Crippen LogP contribution in [-0.4, -0.2) is 49.0 Å². The van der Waals surface area contributed by atoms with Crippen molar-refractivity contribution < 1.29 is 0 Å². The van der Waals surface area contributed by atoms with Crippen molar-refractivity contribution in [2.75, 3.05) is 34.2 Å². The summed E-state index contributed by atoms with van der Waals surface area (Å²) in [6.07, 6.45) is 2.70. The fraction of sp³-hybridized carbons (Fsp3) is 1.00. The average Bonchev–Trinajstić information content (AvgIpc) is 2.03. The van der Waals surface area contributed by atoms with Gasteiger partial charge in [-0.1, -0.05) is 15.9 Å². The maximum absolute atomic E-state index is 3.73. The molecule has 1 saturated heterocycles. The molecule has 1 aliphatic heterocycles. The van der Waals surface area contributed by atoms with E-state index in [2.05, 4.69) is 46.9 Å². The van der Waals surface area contributed by atoms with Gasteiger partial charge in [-0.15, -0.1) is 0 Å². The van der Waals surface area contributed by atoms with Crippen molar-refractivity contribution >= 4 is 15.9 Å². The molecule has 0 aliphatic carbocycles. The van der Waals surface area contributed by atoms with Gasteiger partial charge in [-0.05, 0) is 46.4 Å². The van der Waals surface area contributed by atoms with E-state index < -0.39 is 0 Å².